The molecule has 7 rings (SSSR count). The summed E-state index contributed by atoms with van der Waals surface area (Å²) in [5.41, 5.74) is -0.190. The third kappa shape index (κ3) is 1.79. The first-order valence-electron chi connectivity index (χ1n) is 10.0. The Balaban J connectivity index is 2.07. The van der Waals surface area contributed by atoms with Crippen LogP contribution in [-0.2, 0) is 0 Å². The lowest BCUT2D eigenvalue weighted by Crippen LogP contribution is -2.08. The fraction of sp³-hybridized carbons (Fsp3) is 0. The summed E-state index contributed by atoms with van der Waals surface area (Å²) in [6.07, 6.45) is 0. The van der Waals surface area contributed by atoms with E-state index in [4.69, 9.17) is 0 Å². The quantitative estimate of drug-likeness (QED) is 0.231. The maximum Gasteiger partial charge on any atom is 0.187 e. The van der Waals surface area contributed by atoms with Crippen molar-refractivity contribution >= 4 is 64.6 Å². The molecule has 0 fully saturated rings. The third-order valence-electron chi connectivity index (χ3n) is 6.48. The van der Waals surface area contributed by atoms with Gasteiger partial charge < -0.3 is 0 Å². The molecule has 0 bridgehead atoms. The van der Waals surface area contributed by atoms with Crippen LogP contribution in [0.25, 0.3) is 64.6 Å². The Morgan fingerprint density at radius 1 is 0.367 bits per heavy atom. The average Bonchev–Trinajstić information content (AvgIpc) is 2.78. The number of fused-ring (bicyclic) bond motifs is 6. The minimum Gasteiger partial charge on any atom is -0.289 e. The van der Waals surface area contributed by atoms with Crippen molar-refractivity contribution in [2.75, 3.05) is 0 Å². The molecule has 0 saturated carbocycles. The van der Waals surface area contributed by atoms with Crippen molar-refractivity contribution in [2.45, 2.75) is 0 Å². The molecular formula is C28H14O2. The Labute approximate surface area is 170 Å². The van der Waals surface area contributed by atoms with E-state index in [9.17, 15) is 9.59 Å². The van der Waals surface area contributed by atoms with E-state index in [2.05, 4.69) is 36.4 Å². The van der Waals surface area contributed by atoms with Gasteiger partial charge in [0, 0.05) is 21.5 Å². The van der Waals surface area contributed by atoms with E-state index in [1.54, 1.807) is 12.1 Å². The fourth-order valence-corrected chi connectivity index (χ4v) is 5.30. The molecule has 0 aliphatic carbocycles. The molecule has 0 radical (unpaired) electrons. The van der Waals surface area contributed by atoms with Crippen LogP contribution in [0.4, 0.5) is 0 Å². The zero-order chi connectivity index (χ0) is 20.0. The molecule has 0 unspecified atom stereocenters. The molecule has 2 heteroatoms. The summed E-state index contributed by atoms with van der Waals surface area (Å²) < 4.78 is 0. The highest BCUT2D eigenvalue weighted by Gasteiger charge is 2.20. The lowest BCUT2D eigenvalue weighted by Gasteiger charge is -2.17. The molecule has 7 aromatic rings. The lowest BCUT2D eigenvalue weighted by molar-refractivity contribution is 1.68. The van der Waals surface area contributed by atoms with Crippen LogP contribution in [0, 0.1) is 0 Å². The third-order valence-corrected chi connectivity index (χ3v) is 6.48. The first kappa shape index (κ1) is 15.8. The summed E-state index contributed by atoms with van der Waals surface area (Å²) >= 11 is 0. The molecule has 0 saturated heterocycles. The second-order valence-electron chi connectivity index (χ2n) is 8.02. The summed E-state index contributed by atoms with van der Waals surface area (Å²) in [5, 5.41) is 11.5. The van der Waals surface area contributed by atoms with Crippen LogP contribution >= 0.6 is 0 Å². The van der Waals surface area contributed by atoms with Crippen LogP contribution in [0.15, 0.2) is 94.5 Å². The van der Waals surface area contributed by atoms with E-state index in [-0.39, 0.29) is 10.9 Å². The van der Waals surface area contributed by atoms with Crippen LogP contribution in [-0.4, -0.2) is 0 Å². The number of hydrogen-bond acceptors (Lipinski definition) is 2. The van der Waals surface area contributed by atoms with Crippen LogP contribution < -0.4 is 10.9 Å². The average molecular weight is 382 g/mol. The highest BCUT2D eigenvalue weighted by atomic mass is 16.1. The van der Waals surface area contributed by atoms with Gasteiger partial charge in [-0.05, 0) is 67.4 Å². The molecule has 0 amide bonds. The second kappa shape index (κ2) is 5.31. The molecule has 0 aliphatic rings. The molecule has 0 N–H and O–H groups in total. The van der Waals surface area contributed by atoms with Gasteiger partial charge in [-0.25, -0.2) is 0 Å². The van der Waals surface area contributed by atoms with Crippen LogP contribution in [0.2, 0.25) is 0 Å². The van der Waals surface area contributed by atoms with Crippen molar-refractivity contribution in [3.05, 3.63) is 105 Å². The first-order chi connectivity index (χ1) is 14.7. The van der Waals surface area contributed by atoms with Gasteiger partial charge in [0.05, 0.1) is 0 Å². The summed E-state index contributed by atoms with van der Waals surface area (Å²) in [7, 11) is 0. The van der Waals surface area contributed by atoms with Crippen molar-refractivity contribution in [3.63, 3.8) is 0 Å². The molecular weight excluding hydrogens is 368 g/mol. The largest absolute Gasteiger partial charge is 0.289 e. The Hall–Kier alpha value is -4.04. The minimum absolute atomic E-state index is 0.0950. The van der Waals surface area contributed by atoms with Gasteiger partial charge in [0.25, 0.3) is 0 Å². The van der Waals surface area contributed by atoms with E-state index in [0.29, 0.717) is 10.8 Å². The van der Waals surface area contributed by atoms with Crippen molar-refractivity contribution in [1.82, 2.24) is 0 Å². The predicted octanol–water partition coefficient (Wildman–Crippen LogP) is 6.20. The van der Waals surface area contributed by atoms with Crippen molar-refractivity contribution in [1.29, 1.82) is 0 Å². The van der Waals surface area contributed by atoms with Crippen molar-refractivity contribution in [2.24, 2.45) is 0 Å². The molecule has 2 nitrogen and oxygen atoms in total. The van der Waals surface area contributed by atoms with Crippen LogP contribution in [0.3, 0.4) is 0 Å². The van der Waals surface area contributed by atoms with Gasteiger partial charge in [-0.3, -0.25) is 9.59 Å². The molecule has 0 atom stereocenters. The molecule has 30 heavy (non-hydrogen) atoms. The monoisotopic (exact) mass is 382 g/mol. The van der Waals surface area contributed by atoms with E-state index in [1.165, 1.54) is 0 Å². The highest BCUT2D eigenvalue weighted by Crippen LogP contribution is 2.44. The van der Waals surface area contributed by atoms with Gasteiger partial charge in [0.15, 0.2) is 10.9 Å². The Morgan fingerprint density at radius 3 is 1.27 bits per heavy atom. The van der Waals surface area contributed by atoms with E-state index >= 15 is 0 Å². The van der Waals surface area contributed by atoms with Gasteiger partial charge in [-0.1, -0.05) is 60.7 Å². The maximum absolute atomic E-state index is 13.1. The Morgan fingerprint density at radius 2 is 0.800 bits per heavy atom. The summed E-state index contributed by atoms with van der Waals surface area (Å²) in [4.78, 5) is 26.2. The van der Waals surface area contributed by atoms with Gasteiger partial charge in [0.2, 0.25) is 0 Å². The van der Waals surface area contributed by atoms with E-state index in [0.717, 1.165) is 53.9 Å². The molecule has 138 valence electrons. The summed E-state index contributed by atoms with van der Waals surface area (Å²) in [6, 6.07) is 27.8. The van der Waals surface area contributed by atoms with Gasteiger partial charge in [0.1, 0.15) is 0 Å². The zero-order valence-electron chi connectivity index (χ0n) is 15.9. The van der Waals surface area contributed by atoms with Crippen LogP contribution in [0.1, 0.15) is 0 Å². The van der Waals surface area contributed by atoms with E-state index < -0.39 is 0 Å². The van der Waals surface area contributed by atoms with E-state index in [1.807, 2.05) is 36.4 Å². The smallest absolute Gasteiger partial charge is 0.187 e. The SMILES string of the molecule is O=c1ccc2cc3ccccc3c3c2c1c1c(=O)ccc2cc4ccccc4c3c21. The lowest BCUT2D eigenvalue weighted by atomic mass is 9.85. The maximum atomic E-state index is 13.1. The zero-order valence-corrected chi connectivity index (χ0v) is 15.9. The van der Waals surface area contributed by atoms with Gasteiger partial charge >= 0.3 is 0 Å². The van der Waals surface area contributed by atoms with Gasteiger partial charge in [-0.15, -0.1) is 0 Å². The molecule has 7 aromatic carbocycles. The standard InChI is InChI=1S/C28H14O2/c29-21-11-9-17-13-15-5-1-3-7-19(15)25-23(17)27(21)28-22(30)12-10-18-14-16-6-2-4-8-20(16)26(25)24(18)28/h1-14H. The number of rotatable bonds is 0. The predicted molar refractivity (Wildman–Crippen MR) is 126 cm³/mol. The number of hydrogen-bond donors (Lipinski definition) is 0. The fourth-order valence-electron chi connectivity index (χ4n) is 5.30. The van der Waals surface area contributed by atoms with Crippen molar-refractivity contribution in [3.8, 4) is 0 Å². The number of benzene rings is 7. The second-order valence-corrected chi connectivity index (χ2v) is 8.02. The highest BCUT2D eigenvalue weighted by molar-refractivity contribution is 6.42. The van der Waals surface area contributed by atoms with Gasteiger partial charge in [-0.2, -0.15) is 0 Å². The van der Waals surface area contributed by atoms with Crippen molar-refractivity contribution < 1.29 is 0 Å². The van der Waals surface area contributed by atoms with Crippen LogP contribution in [0.5, 0.6) is 0 Å². The summed E-state index contributed by atoms with van der Waals surface area (Å²) in [6.45, 7) is 0. The molecule has 0 aliphatic heterocycles. The molecule has 0 heterocycles. The Kier molecular flexibility index (Phi) is 2.80. The molecule has 0 spiro atoms. The summed E-state index contributed by atoms with van der Waals surface area (Å²) in [5.74, 6) is 0. The normalized spacial score (nSPS) is 12.3. The molecule has 0 aromatic heterocycles. The minimum atomic E-state index is -0.0950. The Bertz CT molecular complexity index is 1790. The first-order valence-corrected chi connectivity index (χ1v) is 10.0. The topological polar surface area (TPSA) is 34.1 Å².